The van der Waals surface area contributed by atoms with Crippen LogP contribution in [0.5, 0.6) is 0 Å². The minimum absolute atomic E-state index is 0. The molecule has 23 heavy (non-hydrogen) atoms. The summed E-state index contributed by atoms with van der Waals surface area (Å²) < 4.78 is 0. The van der Waals surface area contributed by atoms with Crippen LogP contribution in [0.25, 0.3) is 0 Å². The summed E-state index contributed by atoms with van der Waals surface area (Å²) in [5.41, 5.74) is 0. The minimum atomic E-state index is 0. The Morgan fingerprint density at radius 1 is 0.652 bits per heavy atom. The van der Waals surface area contributed by atoms with E-state index in [9.17, 15) is 0 Å². The van der Waals surface area contributed by atoms with Gasteiger partial charge in [0, 0.05) is 0 Å². The van der Waals surface area contributed by atoms with Crippen molar-refractivity contribution in [2.75, 3.05) is 0 Å². The van der Waals surface area contributed by atoms with E-state index < -0.39 is 0 Å². The maximum atomic E-state index is 2.42. The molecule has 2 saturated carbocycles. The van der Waals surface area contributed by atoms with Gasteiger partial charge in [-0.15, -0.1) is 24.0 Å². The van der Waals surface area contributed by atoms with Crippen LogP contribution in [0.15, 0.2) is 48.6 Å². The van der Waals surface area contributed by atoms with Crippen molar-refractivity contribution in [3.8, 4) is 0 Å². The fraction of sp³-hybridized carbons (Fsp3) is 0.500. The number of hydrogen-bond acceptors (Lipinski definition) is 0. The summed E-state index contributed by atoms with van der Waals surface area (Å²) in [6, 6.07) is 0. The van der Waals surface area contributed by atoms with Crippen LogP contribution in [0.4, 0.5) is 0 Å². The topological polar surface area (TPSA) is 0 Å². The van der Waals surface area contributed by atoms with Gasteiger partial charge in [-0.2, -0.15) is 12.8 Å². The van der Waals surface area contributed by atoms with Gasteiger partial charge in [0.25, 0.3) is 0 Å². The van der Waals surface area contributed by atoms with Crippen molar-refractivity contribution in [1.29, 1.82) is 0 Å². The van der Waals surface area contributed by atoms with Gasteiger partial charge < -0.3 is 37.7 Å². The third-order valence-electron chi connectivity index (χ3n) is 4.47. The van der Waals surface area contributed by atoms with Crippen LogP contribution >= 0.6 is 0 Å². The van der Waals surface area contributed by atoms with E-state index in [1.54, 1.807) is 0 Å². The second kappa shape index (κ2) is 14.7. The first-order valence-corrected chi connectivity index (χ1v) is 8.30. The van der Waals surface area contributed by atoms with Gasteiger partial charge in [0.1, 0.15) is 0 Å². The van der Waals surface area contributed by atoms with Gasteiger partial charge in [-0.25, -0.2) is 0 Å². The van der Waals surface area contributed by atoms with Crippen LogP contribution in [-0.4, -0.2) is 0 Å². The Bertz CT molecular complexity index is 324. The molecule has 0 N–H and O–H groups in total. The fourth-order valence-electron chi connectivity index (χ4n) is 3.39. The molecule has 0 spiro atoms. The van der Waals surface area contributed by atoms with Crippen LogP contribution in [0, 0.1) is 36.5 Å². The predicted octanol–water partition coefficient (Wildman–Crippen LogP) is -0.283. The molecule has 0 nitrogen and oxygen atoms in total. The number of fused-ring (bicyclic) bond motifs is 2. The van der Waals surface area contributed by atoms with Gasteiger partial charge >= 0.3 is 26.2 Å². The molecule has 0 radical (unpaired) electrons. The largest absolute Gasteiger partial charge is 4.00 e. The van der Waals surface area contributed by atoms with Crippen molar-refractivity contribution in [2.45, 2.75) is 39.5 Å². The standard InChI is InChI=1S/2C9H11.C2H6.2ClH.Zr/c2*1-2-5-9-7-3-6-8(9)4-1;1-2;;;/h2*1-2,4-6,8-9H,3,7H2;1-2H3;2*1H;/q2*-1;;;;+4/p-2. The second-order valence-corrected chi connectivity index (χ2v) is 5.65. The Morgan fingerprint density at radius 2 is 1.00 bits per heavy atom. The monoisotopic (exact) mass is 428 g/mol. The average Bonchev–Trinajstić information content (AvgIpc) is 3.18. The number of halogens is 2. The molecule has 0 aromatic heterocycles. The van der Waals surface area contributed by atoms with E-state index in [1.165, 1.54) is 25.7 Å². The van der Waals surface area contributed by atoms with E-state index in [0.29, 0.717) is 0 Å². The Kier molecular flexibility index (Phi) is 16.4. The summed E-state index contributed by atoms with van der Waals surface area (Å²) in [5, 5.41) is 0. The molecule has 4 rings (SSSR count). The van der Waals surface area contributed by atoms with Crippen LogP contribution in [-0.2, 0) is 26.2 Å². The van der Waals surface area contributed by atoms with Crippen molar-refractivity contribution in [3.05, 3.63) is 61.4 Å². The summed E-state index contributed by atoms with van der Waals surface area (Å²) in [7, 11) is 0. The first kappa shape index (κ1) is 25.7. The Labute approximate surface area is 174 Å². The molecular weight excluding hydrogens is 402 g/mol. The van der Waals surface area contributed by atoms with Crippen molar-refractivity contribution in [1.82, 2.24) is 0 Å². The molecule has 0 aromatic carbocycles. The SMILES string of the molecule is C1=CC2[CH-]CCC2C=C1.C1=CC2[CH-]CCC2C=C1.CC.[Cl-].[Cl-].[Zr+4]. The Balaban J connectivity index is 0. The van der Waals surface area contributed by atoms with E-state index in [-0.39, 0.29) is 51.0 Å². The zero-order valence-electron chi connectivity index (χ0n) is 14.2. The molecule has 2 fully saturated rings. The molecule has 4 unspecified atom stereocenters. The first-order chi connectivity index (χ1) is 9.93. The average molecular weight is 431 g/mol. The zero-order valence-corrected chi connectivity index (χ0v) is 18.1. The molecule has 4 aliphatic carbocycles. The smallest absolute Gasteiger partial charge is 1.00 e. The van der Waals surface area contributed by atoms with Crippen LogP contribution < -0.4 is 24.8 Å². The van der Waals surface area contributed by atoms with Crippen LogP contribution in [0.3, 0.4) is 0 Å². The third kappa shape index (κ3) is 7.89. The van der Waals surface area contributed by atoms with Gasteiger partial charge in [-0.1, -0.05) is 63.1 Å². The second-order valence-electron chi connectivity index (χ2n) is 5.65. The van der Waals surface area contributed by atoms with Gasteiger partial charge in [0.15, 0.2) is 0 Å². The number of hydrogen-bond donors (Lipinski definition) is 0. The summed E-state index contributed by atoms with van der Waals surface area (Å²) in [6.45, 7) is 4.00. The maximum absolute atomic E-state index is 2.42. The number of rotatable bonds is 0. The molecule has 0 aliphatic heterocycles. The zero-order chi connectivity index (χ0) is 14.2. The number of allylic oxidation sites excluding steroid dienone is 8. The van der Waals surface area contributed by atoms with Crippen molar-refractivity contribution in [3.63, 3.8) is 0 Å². The van der Waals surface area contributed by atoms with Crippen LogP contribution in [0.2, 0.25) is 0 Å². The Hall–Kier alpha value is 0.423. The summed E-state index contributed by atoms with van der Waals surface area (Å²) in [6.07, 6.45) is 28.1. The van der Waals surface area contributed by atoms with Gasteiger partial charge in [-0.05, 0) is 11.8 Å². The molecule has 0 heterocycles. The van der Waals surface area contributed by atoms with Crippen molar-refractivity contribution < 1.29 is 51.0 Å². The molecule has 4 aliphatic rings. The molecular formula is C20H28Cl2Zr. The quantitative estimate of drug-likeness (QED) is 0.464. The molecule has 3 heteroatoms. The summed E-state index contributed by atoms with van der Waals surface area (Å²) in [5.74, 6) is 3.23. The molecule has 126 valence electrons. The molecule has 0 amide bonds. The van der Waals surface area contributed by atoms with Crippen LogP contribution in [0.1, 0.15) is 39.5 Å². The van der Waals surface area contributed by atoms with E-state index >= 15 is 0 Å². The van der Waals surface area contributed by atoms with E-state index in [0.717, 1.165) is 23.7 Å². The summed E-state index contributed by atoms with van der Waals surface area (Å²) >= 11 is 0. The maximum Gasteiger partial charge on any atom is 4.00 e. The third-order valence-corrected chi connectivity index (χ3v) is 4.47. The first-order valence-electron chi connectivity index (χ1n) is 8.30. The van der Waals surface area contributed by atoms with E-state index in [4.69, 9.17) is 0 Å². The molecule has 0 aromatic rings. The van der Waals surface area contributed by atoms with Gasteiger partial charge in [-0.3, -0.25) is 0 Å². The molecule has 0 bridgehead atoms. The summed E-state index contributed by atoms with van der Waals surface area (Å²) in [4.78, 5) is 0. The minimum Gasteiger partial charge on any atom is -1.00 e. The van der Waals surface area contributed by atoms with Crippen molar-refractivity contribution >= 4 is 0 Å². The van der Waals surface area contributed by atoms with E-state index in [1.807, 2.05) is 13.8 Å². The predicted molar refractivity (Wildman–Crippen MR) is 88.9 cm³/mol. The van der Waals surface area contributed by atoms with E-state index in [2.05, 4.69) is 61.4 Å². The molecule has 0 saturated heterocycles. The van der Waals surface area contributed by atoms with Gasteiger partial charge in [0.05, 0.1) is 0 Å². The normalized spacial score (nSPS) is 30.9. The van der Waals surface area contributed by atoms with Gasteiger partial charge in [0.2, 0.25) is 0 Å². The Morgan fingerprint density at radius 3 is 1.35 bits per heavy atom. The van der Waals surface area contributed by atoms with Crippen molar-refractivity contribution in [2.24, 2.45) is 23.7 Å². The fourth-order valence-corrected chi connectivity index (χ4v) is 3.39. The molecule has 4 atom stereocenters.